The van der Waals surface area contributed by atoms with Gasteiger partial charge in [-0.3, -0.25) is 14.9 Å². The summed E-state index contributed by atoms with van der Waals surface area (Å²) >= 11 is 0. The van der Waals surface area contributed by atoms with Crippen LogP contribution in [0.2, 0.25) is 0 Å². The molecule has 1 rings (SSSR count). The van der Waals surface area contributed by atoms with Crippen molar-refractivity contribution < 1.29 is 18.5 Å². The summed E-state index contributed by atoms with van der Waals surface area (Å²) in [5.74, 6) is 0.243. The van der Waals surface area contributed by atoms with Crippen LogP contribution in [-0.4, -0.2) is 10.8 Å². The van der Waals surface area contributed by atoms with Gasteiger partial charge < -0.3 is 5.73 Å². The van der Waals surface area contributed by atoms with Crippen molar-refractivity contribution in [2.75, 3.05) is 0 Å². The molecule has 5 nitrogen and oxygen atoms in total. The summed E-state index contributed by atoms with van der Waals surface area (Å²) in [6.07, 6.45) is 0. The molecular formula is C9H4F2N2O3. The molecule has 0 radical (unpaired) electrons. The maximum Gasteiger partial charge on any atom is 0.320 e. The molecule has 0 fully saturated rings. The average molecular weight is 226 g/mol. The number of nitrogens with zero attached hydrogens (tertiary/aromatic N) is 1. The van der Waals surface area contributed by atoms with Crippen molar-refractivity contribution in [3.63, 3.8) is 0 Å². The Bertz CT molecular complexity index is 532. The van der Waals surface area contributed by atoms with Crippen LogP contribution in [0.15, 0.2) is 12.1 Å². The zero-order valence-electron chi connectivity index (χ0n) is 7.66. The number of benzene rings is 1. The van der Waals surface area contributed by atoms with E-state index in [1.807, 2.05) is 5.92 Å². The summed E-state index contributed by atoms with van der Waals surface area (Å²) in [7, 11) is 0. The molecule has 1 amide bonds. The van der Waals surface area contributed by atoms with Crippen molar-refractivity contribution in [2.45, 2.75) is 0 Å². The van der Waals surface area contributed by atoms with Gasteiger partial charge in [-0.1, -0.05) is 0 Å². The lowest BCUT2D eigenvalue weighted by Crippen LogP contribution is -2.06. The Labute approximate surface area is 88.0 Å². The number of carbonyl (C=O) groups excluding carboxylic acids is 1. The van der Waals surface area contributed by atoms with Crippen molar-refractivity contribution in [2.24, 2.45) is 5.73 Å². The van der Waals surface area contributed by atoms with E-state index in [2.05, 4.69) is 5.73 Å². The number of carbonyl (C=O) groups is 1. The first kappa shape index (κ1) is 11.6. The predicted octanol–water partition coefficient (Wildman–Crippen LogP) is 0.710. The van der Waals surface area contributed by atoms with Gasteiger partial charge in [-0.2, -0.15) is 4.39 Å². The average Bonchev–Trinajstić information content (AvgIpc) is 2.12. The predicted molar refractivity (Wildman–Crippen MR) is 49.1 cm³/mol. The molecule has 0 saturated carbocycles. The number of hydrogen-bond donors (Lipinski definition) is 1. The summed E-state index contributed by atoms with van der Waals surface area (Å²) in [6.45, 7) is 0. The molecule has 0 atom stereocenters. The number of nitrogens with two attached hydrogens (primary N) is 1. The molecule has 16 heavy (non-hydrogen) atoms. The van der Waals surface area contributed by atoms with Crippen LogP contribution in [0.25, 0.3) is 0 Å². The summed E-state index contributed by atoms with van der Waals surface area (Å²) < 4.78 is 25.8. The van der Waals surface area contributed by atoms with Crippen LogP contribution in [0.1, 0.15) is 5.56 Å². The Balaban J connectivity index is 3.43. The van der Waals surface area contributed by atoms with Crippen molar-refractivity contribution >= 4 is 11.6 Å². The van der Waals surface area contributed by atoms with Crippen LogP contribution in [-0.2, 0) is 4.79 Å². The molecule has 0 aliphatic rings. The van der Waals surface area contributed by atoms with E-state index in [-0.39, 0.29) is 0 Å². The van der Waals surface area contributed by atoms with Gasteiger partial charge >= 0.3 is 5.69 Å². The highest BCUT2D eigenvalue weighted by Gasteiger charge is 2.20. The maximum atomic E-state index is 13.0. The topological polar surface area (TPSA) is 86.2 Å². The molecule has 1 aromatic carbocycles. The summed E-state index contributed by atoms with van der Waals surface area (Å²) in [4.78, 5) is 19.7. The molecule has 0 aliphatic heterocycles. The zero-order valence-corrected chi connectivity index (χ0v) is 7.66. The van der Waals surface area contributed by atoms with Gasteiger partial charge in [-0.15, -0.1) is 0 Å². The molecule has 0 unspecified atom stereocenters. The molecule has 0 heterocycles. The number of hydrogen-bond acceptors (Lipinski definition) is 3. The van der Waals surface area contributed by atoms with Crippen molar-refractivity contribution in [3.8, 4) is 11.8 Å². The largest absolute Gasteiger partial charge is 0.359 e. The Kier molecular flexibility index (Phi) is 3.15. The number of nitro groups is 1. The van der Waals surface area contributed by atoms with Gasteiger partial charge in [-0.25, -0.2) is 4.39 Å². The molecule has 2 N–H and O–H groups in total. The fourth-order valence-corrected chi connectivity index (χ4v) is 0.976. The first-order valence-corrected chi connectivity index (χ1v) is 3.86. The lowest BCUT2D eigenvalue weighted by Gasteiger charge is -1.97. The van der Waals surface area contributed by atoms with E-state index in [0.717, 1.165) is 0 Å². The van der Waals surface area contributed by atoms with Crippen LogP contribution < -0.4 is 5.73 Å². The molecule has 7 heteroatoms. The minimum Gasteiger partial charge on any atom is -0.359 e. The van der Waals surface area contributed by atoms with E-state index in [9.17, 15) is 23.7 Å². The van der Waals surface area contributed by atoms with Gasteiger partial charge in [0, 0.05) is 12.0 Å². The Morgan fingerprint density at radius 2 is 2.06 bits per heavy atom. The molecule has 0 spiro atoms. The van der Waals surface area contributed by atoms with Gasteiger partial charge in [0.05, 0.1) is 4.92 Å². The highest BCUT2D eigenvalue weighted by atomic mass is 19.1. The van der Waals surface area contributed by atoms with E-state index >= 15 is 0 Å². The summed E-state index contributed by atoms with van der Waals surface area (Å²) in [6, 6.07) is 1.00. The van der Waals surface area contributed by atoms with E-state index < -0.39 is 33.7 Å². The molecule has 0 saturated heterocycles. The summed E-state index contributed by atoms with van der Waals surface area (Å²) in [5, 5.41) is 10.5. The number of halogens is 2. The lowest BCUT2D eigenvalue weighted by molar-refractivity contribution is -0.387. The third-order valence-electron chi connectivity index (χ3n) is 1.53. The van der Waals surface area contributed by atoms with Crippen LogP contribution >= 0.6 is 0 Å². The second kappa shape index (κ2) is 4.35. The molecule has 1 aromatic rings. The van der Waals surface area contributed by atoms with E-state index in [0.29, 0.717) is 12.1 Å². The van der Waals surface area contributed by atoms with E-state index in [4.69, 9.17) is 0 Å². The fourth-order valence-electron chi connectivity index (χ4n) is 0.976. The molecular weight excluding hydrogens is 222 g/mol. The zero-order chi connectivity index (χ0) is 12.3. The summed E-state index contributed by atoms with van der Waals surface area (Å²) in [5.41, 5.74) is 3.14. The minimum absolute atomic E-state index is 0.355. The van der Waals surface area contributed by atoms with Crippen LogP contribution in [0.5, 0.6) is 0 Å². The molecule has 0 aromatic heterocycles. The van der Waals surface area contributed by atoms with E-state index in [1.54, 1.807) is 5.92 Å². The fraction of sp³-hybridized carbons (Fsp3) is 0. The van der Waals surface area contributed by atoms with Crippen LogP contribution in [0, 0.1) is 33.6 Å². The van der Waals surface area contributed by atoms with Gasteiger partial charge in [0.2, 0.25) is 5.82 Å². The molecule has 0 bridgehead atoms. The van der Waals surface area contributed by atoms with E-state index in [1.165, 1.54) is 0 Å². The monoisotopic (exact) mass is 226 g/mol. The quantitative estimate of drug-likeness (QED) is 0.434. The second-order valence-corrected chi connectivity index (χ2v) is 2.66. The smallest absolute Gasteiger partial charge is 0.320 e. The van der Waals surface area contributed by atoms with Gasteiger partial charge in [0.15, 0.2) is 0 Å². The minimum atomic E-state index is -1.36. The highest BCUT2D eigenvalue weighted by molar-refractivity contribution is 5.92. The van der Waals surface area contributed by atoms with Gasteiger partial charge in [0.25, 0.3) is 5.91 Å². The normalized spacial score (nSPS) is 9.12. The second-order valence-electron chi connectivity index (χ2n) is 2.66. The number of nitro benzene ring substituents is 1. The Hall–Kier alpha value is -2.49. The number of amides is 1. The van der Waals surface area contributed by atoms with Gasteiger partial charge in [-0.05, 0) is 12.0 Å². The van der Waals surface area contributed by atoms with Crippen molar-refractivity contribution in [1.29, 1.82) is 0 Å². The van der Waals surface area contributed by atoms with Crippen molar-refractivity contribution in [3.05, 3.63) is 39.4 Å². The Morgan fingerprint density at radius 3 is 2.56 bits per heavy atom. The highest BCUT2D eigenvalue weighted by Crippen LogP contribution is 2.22. The SMILES string of the molecule is NC(=O)C#Cc1cc(F)cc(F)c1[N+](=O)[O-]. The third-order valence-corrected chi connectivity index (χ3v) is 1.53. The molecule has 0 aliphatic carbocycles. The third kappa shape index (κ3) is 2.51. The Morgan fingerprint density at radius 1 is 1.44 bits per heavy atom. The van der Waals surface area contributed by atoms with Crippen LogP contribution in [0.4, 0.5) is 14.5 Å². The van der Waals surface area contributed by atoms with Gasteiger partial charge in [0.1, 0.15) is 11.4 Å². The lowest BCUT2D eigenvalue weighted by atomic mass is 10.1. The standard InChI is InChI=1S/C9H4F2N2O3/c10-6-3-5(1-2-8(12)14)9(13(15)16)7(11)4-6/h3-4H,(H2,12,14). The van der Waals surface area contributed by atoms with Crippen LogP contribution in [0.3, 0.4) is 0 Å². The number of primary amides is 1. The molecule has 82 valence electrons. The first-order chi connectivity index (χ1) is 7.41. The van der Waals surface area contributed by atoms with Crippen molar-refractivity contribution in [1.82, 2.24) is 0 Å². The first-order valence-electron chi connectivity index (χ1n) is 3.86. The number of rotatable bonds is 1. The maximum absolute atomic E-state index is 13.0.